The van der Waals surface area contributed by atoms with Crippen LogP contribution >= 0.6 is 0 Å². The largest absolute Gasteiger partial charge is 0.416 e. The molecule has 0 aliphatic carbocycles. The van der Waals surface area contributed by atoms with Gasteiger partial charge in [0.15, 0.2) is 0 Å². The standard InChI is InChI=1S/C16H19F3N2O2/c17-16(18,19)12-6-1-4-11(10-12)5-2-8-14(22)21-13-7-3-9-20-15(13)23/h1,4,6,10,13H,2-3,5,7-9H2,(H,20,23)(H,21,22)/t13-/m0/s1. The number of nitrogens with one attached hydrogen (secondary N) is 2. The highest BCUT2D eigenvalue weighted by Gasteiger charge is 2.30. The molecule has 0 radical (unpaired) electrons. The van der Waals surface area contributed by atoms with Gasteiger partial charge in [-0.15, -0.1) is 0 Å². The van der Waals surface area contributed by atoms with Gasteiger partial charge in [0.2, 0.25) is 11.8 Å². The number of benzene rings is 1. The van der Waals surface area contributed by atoms with Gasteiger partial charge in [0.1, 0.15) is 6.04 Å². The van der Waals surface area contributed by atoms with Gasteiger partial charge in [-0.2, -0.15) is 13.2 Å². The summed E-state index contributed by atoms with van der Waals surface area (Å²) in [6.07, 6.45) is -1.93. The third-order valence-electron chi connectivity index (χ3n) is 3.74. The number of carbonyl (C=O) groups is 2. The second-order valence-electron chi connectivity index (χ2n) is 5.61. The number of amides is 2. The molecule has 1 aromatic rings. The molecule has 2 amide bonds. The van der Waals surface area contributed by atoms with E-state index in [-0.39, 0.29) is 18.2 Å². The summed E-state index contributed by atoms with van der Waals surface area (Å²) >= 11 is 0. The maximum absolute atomic E-state index is 12.6. The normalized spacial score (nSPS) is 18.4. The van der Waals surface area contributed by atoms with Crippen LogP contribution in [0.1, 0.15) is 36.8 Å². The Morgan fingerprint density at radius 2 is 2.13 bits per heavy atom. The molecule has 1 aliphatic rings. The molecule has 0 spiro atoms. The van der Waals surface area contributed by atoms with E-state index in [2.05, 4.69) is 10.6 Å². The minimum Gasteiger partial charge on any atom is -0.354 e. The predicted octanol–water partition coefficient (Wildman–Crippen LogP) is 2.42. The van der Waals surface area contributed by atoms with Gasteiger partial charge in [0.25, 0.3) is 0 Å². The topological polar surface area (TPSA) is 58.2 Å². The van der Waals surface area contributed by atoms with Crippen LogP contribution in [0.25, 0.3) is 0 Å². The van der Waals surface area contributed by atoms with Gasteiger partial charge >= 0.3 is 6.18 Å². The predicted molar refractivity (Wildman–Crippen MR) is 78.6 cm³/mol. The van der Waals surface area contributed by atoms with Crippen LogP contribution in [0, 0.1) is 0 Å². The minimum absolute atomic E-state index is 0.178. The van der Waals surface area contributed by atoms with Crippen molar-refractivity contribution in [2.75, 3.05) is 6.54 Å². The van der Waals surface area contributed by atoms with Crippen LogP contribution in [0.15, 0.2) is 24.3 Å². The molecule has 0 unspecified atom stereocenters. The van der Waals surface area contributed by atoms with Crippen LogP contribution in [0.5, 0.6) is 0 Å². The average Bonchev–Trinajstić information content (AvgIpc) is 2.49. The Bertz CT molecular complexity index is 573. The first-order valence-corrected chi connectivity index (χ1v) is 7.59. The molecule has 2 N–H and O–H groups in total. The van der Waals surface area contributed by atoms with E-state index < -0.39 is 17.8 Å². The number of hydrogen-bond acceptors (Lipinski definition) is 2. The molecule has 1 fully saturated rings. The molecule has 23 heavy (non-hydrogen) atoms. The zero-order valence-corrected chi connectivity index (χ0v) is 12.6. The molecule has 1 aromatic carbocycles. The number of alkyl halides is 3. The highest BCUT2D eigenvalue weighted by Crippen LogP contribution is 2.29. The lowest BCUT2D eigenvalue weighted by atomic mass is 10.0. The molecule has 0 aromatic heterocycles. The van der Waals surface area contributed by atoms with Gasteiger partial charge in [-0.05, 0) is 37.3 Å². The lowest BCUT2D eigenvalue weighted by molar-refractivity contribution is -0.137. The van der Waals surface area contributed by atoms with Gasteiger partial charge < -0.3 is 10.6 Å². The van der Waals surface area contributed by atoms with Gasteiger partial charge in [-0.3, -0.25) is 9.59 Å². The maximum atomic E-state index is 12.6. The Kier molecular flexibility index (Phi) is 5.63. The van der Waals surface area contributed by atoms with Crippen molar-refractivity contribution >= 4 is 11.8 Å². The lowest BCUT2D eigenvalue weighted by Crippen LogP contribution is -2.50. The van der Waals surface area contributed by atoms with E-state index in [4.69, 9.17) is 0 Å². The summed E-state index contributed by atoms with van der Waals surface area (Å²) in [6, 6.07) is 4.61. The summed E-state index contributed by atoms with van der Waals surface area (Å²) < 4.78 is 37.8. The summed E-state index contributed by atoms with van der Waals surface area (Å²) in [5, 5.41) is 5.34. The van der Waals surface area contributed by atoms with E-state index in [9.17, 15) is 22.8 Å². The molecule has 126 valence electrons. The SMILES string of the molecule is O=C(CCCc1cccc(C(F)(F)F)c1)N[C@H]1CCCNC1=O. The first-order valence-electron chi connectivity index (χ1n) is 7.59. The van der Waals surface area contributed by atoms with Crippen LogP contribution in [-0.2, 0) is 22.2 Å². The van der Waals surface area contributed by atoms with Crippen molar-refractivity contribution in [2.24, 2.45) is 0 Å². The van der Waals surface area contributed by atoms with E-state index >= 15 is 0 Å². The molecular weight excluding hydrogens is 309 g/mol. The van der Waals surface area contributed by atoms with E-state index in [1.54, 1.807) is 6.07 Å². The van der Waals surface area contributed by atoms with E-state index in [0.717, 1.165) is 18.6 Å². The summed E-state index contributed by atoms with van der Waals surface area (Å²) in [4.78, 5) is 23.3. The van der Waals surface area contributed by atoms with Crippen molar-refractivity contribution in [1.29, 1.82) is 0 Å². The molecular formula is C16H19F3N2O2. The fraction of sp³-hybridized carbons (Fsp3) is 0.500. The summed E-state index contributed by atoms with van der Waals surface area (Å²) in [7, 11) is 0. The number of rotatable bonds is 5. The Balaban J connectivity index is 1.78. The second kappa shape index (κ2) is 7.48. The first-order chi connectivity index (χ1) is 10.9. The zero-order valence-electron chi connectivity index (χ0n) is 12.6. The molecule has 1 saturated heterocycles. The molecule has 1 aliphatic heterocycles. The number of piperidine rings is 1. The monoisotopic (exact) mass is 328 g/mol. The van der Waals surface area contributed by atoms with E-state index in [1.807, 2.05) is 0 Å². The number of halogens is 3. The van der Waals surface area contributed by atoms with Crippen molar-refractivity contribution in [1.82, 2.24) is 10.6 Å². The van der Waals surface area contributed by atoms with Crippen LogP contribution < -0.4 is 10.6 Å². The van der Waals surface area contributed by atoms with Crippen LogP contribution in [0.4, 0.5) is 13.2 Å². The van der Waals surface area contributed by atoms with Gasteiger partial charge in [0.05, 0.1) is 5.56 Å². The molecule has 1 heterocycles. The quantitative estimate of drug-likeness (QED) is 0.872. The molecule has 1 atom stereocenters. The Morgan fingerprint density at radius 3 is 2.83 bits per heavy atom. The fourth-order valence-electron chi connectivity index (χ4n) is 2.53. The van der Waals surface area contributed by atoms with E-state index in [1.165, 1.54) is 6.07 Å². The Hall–Kier alpha value is -2.05. The highest BCUT2D eigenvalue weighted by molar-refractivity contribution is 5.88. The van der Waals surface area contributed by atoms with Gasteiger partial charge in [0, 0.05) is 13.0 Å². The summed E-state index contributed by atoms with van der Waals surface area (Å²) in [5.74, 6) is -0.429. The van der Waals surface area contributed by atoms with Crippen molar-refractivity contribution in [2.45, 2.75) is 44.3 Å². The maximum Gasteiger partial charge on any atom is 0.416 e. The smallest absolute Gasteiger partial charge is 0.354 e. The van der Waals surface area contributed by atoms with Crippen molar-refractivity contribution < 1.29 is 22.8 Å². The van der Waals surface area contributed by atoms with Gasteiger partial charge in [-0.1, -0.05) is 18.2 Å². The van der Waals surface area contributed by atoms with E-state index in [0.29, 0.717) is 31.4 Å². The van der Waals surface area contributed by atoms with Crippen LogP contribution in [0.2, 0.25) is 0 Å². The average molecular weight is 328 g/mol. The first kappa shape index (κ1) is 17.3. The van der Waals surface area contributed by atoms with Crippen molar-refractivity contribution in [3.05, 3.63) is 35.4 Å². The number of aryl methyl sites for hydroxylation is 1. The Morgan fingerprint density at radius 1 is 1.35 bits per heavy atom. The molecule has 0 bridgehead atoms. The van der Waals surface area contributed by atoms with Gasteiger partial charge in [-0.25, -0.2) is 0 Å². The highest BCUT2D eigenvalue weighted by atomic mass is 19.4. The minimum atomic E-state index is -4.36. The zero-order chi connectivity index (χ0) is 16.9. The van der Waals surface area contributed by atoms with Crippen LogP contribution in [0.3, 0.4) is 0 Å². The molecule has 4 nitrogen and oxygen atoms in total. The number of carbonyl (C=O) groups excluding carboxylic acids is 2. The number of hydrogen-bond donors (Lipinski definition) is 2. The molecule has 7 heteroatoms. The second-order valence-corrected chi connectivity index (χ2v) is 5.61. The third kappa shape index (κ3) is 5.26. The fourth-order valence-corrected chi connectivity index (χ4v) is 2.53. The summed E-state index contributed by atoms with van der Waals surface area (Å²) in [6.45, 7) is 0.626. The molecule has 0 saturated carbocycles. The van der Waals surface area contributed by atoms with Crippen LogP contribution in [-0.4, -0.2) is 24.4 Å². The summed E-state index contributed by atoms with van der Waals surface area (Å²) in [5.41, 5.74) is -0.138. The third-order valence-corrected chi connectivity index (χ3v) is 3.74. The Labute approximate surface area is 132 Å². The molecule has 2 rings (SSSR count). The van der Waals surface area contributed by atoms with Crippen molar-refractivity contribution in [3.63, 3.8) is 0 Å². The van der Waals surface area contributed by atoms with Crippen molar-refractivity contribution in [3.8, 4) is 0 Å². The lowest BCUT2D eigenvalue weighted by Gasteiger charge is -2.22.